The average Bonchev–Trinajstić information content (AvgIpc) is 3.32. The molecule has 0 spiro atoms. The highest BCUT2D eigenvalue weighted by Crippen LogP contribution is 2.32. The van der Waals surface area contributed by atoms with Crippen LogP contribution in [0.1, 0.15) is 23.0 Å². The molecule has 138 valence electrons. The van der Waals surface area contributed by atoms with Crippen LogP contribution in [-0.4, -0.2) is 34.8 Å². The van der Waals surface area contributed by atoms with Crippen LogP contribution in [0.3, 0.4) is 0 Å². The van der Waals surface area contributed by atoms with E-state index in [4.69, 9.17) is 9.47 Å². The highest BCUT2D eigenvalue weighted by atomic mass is 16.7. The molecule has 4 rings (SSSR count). The molecule has 0 bridgehead atoms. The maximum absolute atomic E-state index is 12.4. The van der Waals surface area contributed by atoms with E-state index in [2.05, 4.69) is 20.8 Å². The fourth-order valence-corrected chi connectivity index (χ4v) is 2.86. The van der Waals surface area contributed by atoms with Crippen molar-refractivity contribution in [2.24, 2.45) is 0 Å². The standard InChI is InChI=1S/C19H18N4O4/c1-11(21-19(25)17-13-4-2-3-5-14(13)22-23-17)18(24)20-9-12-6-7-15-16(8-12)27-10-26-15/h2-8,11H,9-10H2,1H3,(H,20,24)(H,21,25)(H,22,23). The second kappa shape index (κ2) is 6.99. The molecule has 1 aliphatic heterocycles. The maximum Gasteiger partial charge on any atom is 0.273 e. The summed E-state index contributed by atoms with van der Waals surface area (Å²) in [5.41, 5.74) is 1.91. The second-order valence-electron chi connectivity index (χ2n) is 6.22. The van der Waals surface area contributed by atoms with Gasteiger partial charge in [0.05, 0.1) is 5.52 Å². The predicted molar refractivity (Wildman–Crippen MR) is 97.4 cm³/mol. The fourth-order valence-electron chi connectivity index (χ4n) is 2.86. The molecule has 8 heteroatoms. The number of nitrogens with zero attached hydrogens (tertiary/aromatic N) is 1. The molecule has 2 amide bonds. The van der Waals surface area contributed by atoms with Crippen LogP contribution in [0.2, 0.25) is 0 Å². The lowest BCUT2D eigenvalue weighted by Crippen LogP contribution is -2.44. The lowest BCUT2D eigenvalue weighted by atomic mass is 10.2. The van der Waals surface area contributed by atoms with E-state index in [-0.39, 0.29) is 18.4 Å². The number of H-pyrrole nitrogens is 1. The minimum atomic E-state index is -0.707. The summed E-state index contributed by atoms with van der Waals surface area (Å²) in [5, 5.41) is 13.0. The Hall–Kier alpha value is -3.55. The van der Waals surface area contributed by atoms with Gasteiger partial charge >= 0.3 is 0 Å². The first-order valence-electron chi connectivity index (χ1n) is 8.52. The number of fused-ring (bicyclic) bond motifs is 2. The van der Waals surface area contributed by atoms with Gasteiger partial charge in [-0.1, -0.05) is 24.3 Å². The summed E-state index contributed by atoms with van der Waals surface area (Å²) in [6.45, 7) is 2.15. The molecule has 3 aromatic rings. The van der Waals surface area contributed by atoms with Crippen LogP contribution in [0, 0.1) is 0 Å². The molecule has 1 aromatic heterocycles. The zero-order valence-corrected chi connectivity index (χ0v) is 14.6. The number of carbonyl (C=O) groups excluding carboxylic acids is 2. The van der Waals surface area contributed by atoms with Crippen LogP contribution in [0.4, 0.5) is 0 Å². The molecule has 3 N–H and O–H groups in total. The molecule has 1 unspecified atom stereocenters. The summed E-state index contributed by atoms with van der Waals surface area (Å²) in [5.74, 6) is 0.657. The van der Waals surface area contributed by atoms with Crippen molar-refractivity contribution in [2.45, 2.75) is 19.5 Å². The normalized spacial score (nSPS) is 13.4. The molecular formula is C19H18N4O4. The molecule has 0 saturated heterocycles. The number of para-hydroxylation sites is 1. The van der Waals surface area contributed by atoms with E-state index in [0.29, 0.717) is 23.4 Å². The Bertz CT molecular complexity index is 1010. The van der Waals surface area contributed by atoms with E-state index >= 15 is 0 Å². The van der Waals surface area contributed by atoms with Crippen molar-refractivity contribution in [1.82, 2.24) is 20.8 Å². The van der Waals surface area contributed by atoms with Crippen molar-refractivity contribution in [3.8, 4) is 11.5 Å². The summed E-state index contributed by atoms with van der Waals surface area (Å²) < 4.78 is 10.6. The number of amides is 2. The SMILES string of the molecule is CC(NC(=O)c1n[nH]c2ccccc12)C(=O)NCc1ccc2c(c1)OCO2. The van der Waals surface area contributed by atoms with Gasteiger partial charge in [0, 0.05) is 11.9 Å². The Morgan fingerprint density at radius 3 is 2.89 bits per heavy atom. The number of benzene rings is 2. The summed E-state index contributed by atoms with van der Waals surface area (Å²) in [6, 6.07) is 12.1. The van der Waals surface area contributed by atoms with E-state index in [9.17, 15) is 9.59 Å². The number of aromatic amines is 1. The molecule has 2 heterocycles. The summed E-state index contributed by atoms with van der Waals surface area (Å²) in [4.78, 5) is 24.7. The van der Waals surface area contributed by atoms with Crippen molar-refractivity contribution in [3.05, 3.63) is 53.7 Å². The van der Waals surface area contributed by atoms with Crippen LogP contribution in [0.25, 0.3) is 10.9 Å². The van der Waals surface area contributed by atoms with E-state index < -0.39 is 11.9 Å². The number of rotatable bonds is 5. The first-order chi connectivity index (χ1) is 13.1. The Kier molecular flexibility index (Phi) is 4.37. The van der Waals surface area contributed by atoms with Gasteiger partial charge in [-0.15, -0.1) is 0 Å². The Balaban J connectivity index is 1.35. The third-order valence-corrected chi connectivity index (χ3v) is 4.33. The van der Waals surface area contributed by atoms with Crippen molar-refractivity contribution >= 4 is 22.7 Å². The van der Waals surface area contributed by atoms with Crippen LogP contribution in [-0.2, 0) is 11.3 Å². The highest BCUT2D eigenvalue weighted by Gasteiger charge is 2.20. The summed E-state index contributed by atoms with van der Waals surface area (Å²) >= 11 is 0. The Morgan fingerprint density at radius 2 is 2.00 bits per heavy atom. The van der Waals surface area contributed by atoms with Crippen molar-refractivity contribution < 1.29 is 19.1 Å². The van der Waals surface area contributed by atoms with Gasteiger partial charge in [0.15, 0.2) is 17.2 Å². The number of ether oxygens (including phenoxy) is 2. The first-order valence-corrected chi connectivity index (χ1v) is 8.52. The lowest BCUT2D eigenvalue weighted by Gasteiger charge is -2.13. The van der Waals surface area contributed by atoms with Crippen LogP contribution in [0.15, 0.2) is 42.5 Å². The first kappa shape index (κ1) is 16.9. The zero-order chi connectivity index (χ0) is 18.8. The molecule has 8 nitrogen and oxygen atoms in total. The van der Waals surface area contributed by atoms with Gasteiger partial charge in [-0.05, 0) is 30.7 Å². The van der Waals surface area contributed by atoms with Crippen LogP contribution in [0.5, 0.6) is 11.5 Å². The third kappa shape index (κ3) is 3.41. The minimum Gasteiger partial charge on any atom is -0.454 e. The van der Waals surface area contributed by atoms with Crippen LogP contribution < -0.4 is 20.1 Å². The van der Waals surface area contributed by atoms with Gasteiger partial charge in [-0.2, -0.15) is 5.10 Å². The molecule has 0 saturated carbocycles. The number of hydrogen-bond donors (Lipinski definition) is 3. The molecular weight excluding hydrogens is 348 g/mol. The van der Waals surface area contributed by atoms with E-state index in [1.165, 1.54) is 0 Å². The molecule has 1 aliphatic rings. The smallest absolute Gasteiger partial charge is 0.273 e. The number of nitrogens with one attached hydrogen (secondary N) is 3. The van der Waals surface area contributed by atoms with E-state index in [1.807, 2.05) is 30.3 Å². The van der Waals surface area contributed by atoms with Gasteiger partial charge in [-0.3, -0.25) is 14.7 Å². The largest absolute Gasteiger partial charge is 0.454 e. The van der Waals surface area contributed by atoms with Gasteiger partial charge < -0.3 is 20.1 Å². The number of hydrogen-bond acceptors (Lipinski definition) is 5. The zero-order valence-electron chi connectivity index (χ0n) is 14.6. The van der Waals surface area contributed by atoms with Crippen molar-refractivity contribution in [1.29, 1.82) is 0 Å². The summed E-state index contributed by atoms with van der Waals surface area (Å²) in [7, 11) is 0. The second-order valence-corrected chi connectivity index (χ2v) is 6.22. The monoisotopic (exact) mass is 366 g/mol. The van der Waals surface area contributed by atoms with E-state index in [0.717, 1.165) is 11.1 Å². The Morgan fingerprint density at radius 1 is 1.19 bits per heavy atom. The molecule has 27 heavy (non-hydrogen) atoms. The van der Waals surface area contributed by atoms with Crippen molar-refractivity contribution in [3.63, 3.8) is 0 Å². The highest BCUT2D eigenvalue weighted by molar-refractivity contribution is 6.05. The van der Waals surface area contributed by atoms with Crippen LogP contribution >= 0.6 is 0 Å². The van der Waals surface area contributed by atoms with Gasteiger partial charge in [0.2, 0.25) is 12.7 Å². The Labute approximate surface area is 154 Å². The molecule has 0 aliphatic carbocycles. The van der Waals surface area contributed by atoms with Gasteiger partial charge in [0.1, 0.15) is 6.04 Å². The average molecular weight is 366 g/mol. The maximum atomic E-state index is 12.4. The molecule has 1 atom stereocenters. The molecule has 0 fully saturated rings. The number of aromatic nitrogens is 2. The quantitative estimate of drug-likeness (QED) is 0.638. The van der Waals surface area contributed by atoms with Gasteiger partial charge in [0.25, 0.3) is 5.91 Å². The third-order valence-electron chi connectivity index (χ3n) is 4.33. The topological polar surface area (TPSA) is 105 Å². The molecule has 0 radical (unpaired) electrons. The molecule has 2 aromatic carbocycles. The predicted octanol–water partition coefficient (Wildman–Crippen LogP) is 1.73. The lowest BCUT2D eigenvalue weighted by molar-refractivity contribution is -0.122. The van der Waals surface area contributed by atoms with Crippen molar-refractivity contribution in [2.75, 3.05) is 6.79 Å². The number of carbonyl (C=O) groups is 2. The van der Waals surface area contributed by atoms with E-state index in [1.54, 1.807) is 19.1 Å². The fraction of sp³-hybridized carbons (Fsp3) is 0.211. The minimum absolute atomic E-state index is 0.204. The summed E-state index contributed by atoms with van der Waals surface area (Å²) in [6.07, 6.45) is 0. The van der Waals surface area contributed by atoms with Gasteiger partial charge in [-0.25, -0.2) is 0 Å².